The van der Waals surface area contributed by atoms with Crippen molar-refractivity contribution in [2.24, 2.45) is 0 Å². The highest BCUT2D eigenvalue weighted by atomic mass is 35.5. The maximum atomic E-state index is 6.22. The molecule has 2 nitrogen and oxygen atoms in total. The zero-order chi connectivity index (χ0) is 12.7. The Labute approximate surface area is 112 Å². The molecule has 0 saturated heterocycles. The summed E-state index contributed by atoms with van der Waals surface area (Å²) in [4.78, 5) is 9.09. The summed E-state index contributed by atoms with van der Waals surface area (Å²) in [5.74, 6) is 1.42. The molecule has 0 aliphatic heterocycles. The SMILES string of the molecule is Cc1ccc(-c2nc(C3CC3)nc(Cl)c2C)cc1. The molecule has 1 aromatic heterocycles. The fourth-order valence-electron chi connectivity index (χ4n) is 2.02. The topological polar surface area (TPSA) is 25.8 Å². The summed E-state index contributed by atoms with van der Waals surface area (Å²) < 4.78 is 0. The first-order chi connectivity index (χ1) is 8.65. The number of aromatic nitrogens is 2. The minimum atomic E-state index is 0.521. The Morgan fingerprint density at radius 1 is 1.06 bits per heavy atom. The summed E-state index contributed by atoms with van der Waals surface area (Å²) in [6.45, 7) is 4.06. The Kier molecular flexibility index (Phi) is 2.83. The van der Waals surface area contributed by atoms with Crippen molar-refractivity contribution in [2.45, 2.75) is 32.6 Å². The molecule has 3 rings (SSSR count). The van der Waals surface area contributed by atoms with E-state index in [2.05, 4.69) is 36.2 Å². The van der Waals surface area contributed by atoms with Gasteiger partial charge in [-0.2, -0.15) is 0 Å². The second kappa shape index (κ2) is 4.36. The molecule has 2 aromatic rings. The van der Waals surface area contributed by atoms with Crippen molar-refractivity contribution in [3.05, 3.63) is 46.4 Å². The zero-order valence-electron chi connectivity index (χ0n) is 10.6. The molecule has 0 bridgehead atoms. The lowest BCUT2D eigenvalue weighted by atomic mass is 10.1. The lowest BCUT2D eigenvalue weighted by Crippen LogP contribution is -1.99. The molecule has 1 aliphatic carbocycles. The molecule has 0 N–H and O–H groups in total. The second-order valence-corrected chi connectivity index (χ2v) is 5.34. The molecule has 0 amide bonds. The van der Waals surface area contributed by atoms with Crippen LogP contribution in [0, 0.1) is 13.8 Å². The van der Waals surface area contributed by atoms with E-state index in [0.717, 1.165) is 22.6 Å². The highest BCUT2D eigenvalue weighted by Gasteiger charge is 2.28. The molecule has 1 aromatic carbocycles. The van der Waals surface area contributed by atoms with Crippen molar-refractivity contribution in [3.8, 4) is 11.3 Å². The minimum Gasteiger partial charge on any atom is -0.232 e. The fourth-order valence-corrected chi connectivity index (χ4v) is 2.20. The van der Waals surface area contributed by atoms with Gasteiger partial charge in [0.05, 0.1) is 5.69 Å². The van der Waals surface area contributed by atoms with Crippen molar-refractivity contribution in [1.82, 2.24) is 9.97 Å². The monoisotopic (exact) mass is 258 g/mol. The van der Waals surface area contributed by atoms with Gasteiger partial charge in [0.25, 0.3) is 0 Å². The van der Waals surface area contributed by atoms with Gasteiger partial charge in [-0.1, -0.05) is 41.4 Å². The van der Waals surface area contributed by atoms with E-state index >= 15 is 0 Å². The molecule has 1 fully saturated rings. The molecular formula is C15H15ClN2. The van der Waals surface area contributed by atoms with Gasteiger partial charge >= 0.3 is 0 Å². The van der Waals surface area contributed by atoms with Crippen LogP contribution in [-0.2, 0) is 0 Å². The normalized spacial score (nSPS) is 14.8. The molecule has 18 heavy (non-hydrogen) atoms. The van der Waals surface area contributed by atoms with Crippen LogP contribution in [0.15, 0.2) is 24.3 Å². The van der Waals surface area contributed by atoms with Gasteiger partial charge in [-0.3, -0.25) is 0 Å². The van der Waals surface area contributed by atoms with Gasteiger partial charge in [0.2, 0.25) is 0 Å². The Morgan fingerprint density at radius 2 is 1.72 bits per heavy atom. The van der Waals surface area contributed by atoms with E-state index in [9.17, 15) is 0 Å². The molecule has 0 radical (unpaired) electrons. The third-order valence-electron chi connectivity index (χ3n) is 3.37. The van der Waals surface area contributed by atoms with Crippen LogP contribution in [-0.4, -0.2) is 9.97 Å². The van der Waals surface area contributed by atoms with Crippen LogP contribution in [0.4, 0.5) is 0 Å². The third kappa shape index (κ3) is 2.13. The number of benzene rings is 1. The zero-order valence-corrected chi connectivity index (χ0v) is 11.3. The molecule has 3 heteroatoms. The predicted octanol–water partition coefficient (Wildman–Crippen LogP) is 4.29. The Balaban J connectivity index is 2.12. The maximum Gasteiger partial charge on any atom is 0.136 e. The lowest BCUT2D eigenvalue weighted by molar-refractivity contribution is 0.922. The molecule has 1 aliphatic rings. The first-order valence-electron chi connectivity index (χ1n) is 6.26. The van der Waals surface area contributed by atoms with Crippen LogP contribution < -0.4 is 0 Å². The quantitative estimate of drug-likeness (QED) is 0.751. The number of halogens is 1. The molecule has 1 heterocycles. The average Bonchev–Trinajstić information content (AvgIpc) is 3.18. The first kappa shape index (κ1) is 11.7. The number of hydrogen-bond donors (Lipinski definition) is 0. The predicted molar refractivity (Wildman–Crippen MR) is 73.9 cm³/mol. The molecule has 0 unspecified atom stereocenters. The molecule has 92 valence electrons. The van der Waals surface area contributed by atoms with Gasteiger partial charge in [-0.05, 0) is 26.7 Å². The second-order valence-electron chi connectivity index (χ2n) is 4.99. The summed E-state index contributed by atoms with van der Waals surface area (Å²) >= 11 is 6.22. The highest BCUT2D eigenvalue weighted by molar-refractivity contribution is 6.30. The minimum absolute atomic E-state index is 0.521. The van der Waals surface area contributed by atoms with Crippen LogP contribution in [0.25, 0.3) is 11.3 Å². The number of nitrogens with zero attached hydrogens (tertiary/aromatic N) is 2. The smallest absolute Gasteiger partial charge is 0.136 e. The van der Waals surface area contributed by atoms with Gasteiger partial charge in [0.15, 0.2) is 0 Å². The standard InChI is InChI=1S/C15H15ClN2/c1-9-3-5-11(6-4-9)13-10(2)14(16)18-15(17-13)12-7-8-12/h3-6,12H,7-8H2,1-2H3. The van der Waals surface area contributed by atoms with E-state index in [1.165, 1.54) is 18.4 Å². The fraction of sp³-hybridized carbons (Fsp3) is 0.333. The summed E-state index contributed by atoms with van der Waals surface area (Å²) in [7, 11) is 0. The van der Waals surface area contributed by atoms with E-state index in [4.69, 9.17) is 16.6 Å². The van der Waals surface area contributed by atoms with Crippen LogP contribution in [0.3, 0.4) is 0 Å². The van der Waals surface area contributed by atoms with Gasteiger partial charge in [-0.25, -0.2) is 9.97 Å². The Hall–Kier alpha value is -1.41. The highest BCUT2D eigenvalue weighted by Crippen LogP contribution is 2.40. The van der Waals surface area contributed by atoms with Crippen molar-refractivity contribution in [3.63, 3.8) is 0 Å². The van der Waals surface area contributed by atoms with Gasteiger partial charge in [0.1, 0.15) is 11.0 Å². The van der Waals surface area contributed by atoms with Crippen molar-refractivity contribution < 1.29 is 0 Å². The molecule has 1 saturated carbocycles. The number of hydrogen-bond acceptors (Lipinski definition) is 2. The van der Waals surface area contributed by atoms with Crippen molar-refractivity contribution in [1.29, 1.82) is 0 Å². The van der Waals surface area contributed by atoms with Crippen LogP contribution >= 0.6 is 11.6 Å². The summed E-state index contributed by atoms with van der Waals surface area (Å²) in [5, 5.41) is 0.586. The van der Waals surface area contributed by atoms with Crippen molar-refractivity contribution >= 4 is 11.6 Å². The summed E-state index contributed by atoms with van der Waals surface area (Å²) in [6.07, 6.45) is 2.37. The molecule has 0 spiro atoms. The van der Waals surface area contributed by atoms with E-state index in [0.29, 0.717) is 11.1 Å². The van der Waals surface area contributed by atoms with Crippen LogP contribution in [0.5, 0.6) is 0 Å². The van der Waals surface area contributed by atoms with E-state index in [1.54, 1.807) is 0 Å². The van der Waals surface area contributed by atoms with Crippen LogP contribution in [0.1, 0.15) is 35.7 Å². The van der Waals surface area contributed by atoms with Gasteiger partial charge in [-0.15, -0.1) is 0 Å². The van der Waals surface area contributed by atoms with Gasteiger partial charge < -0.3 is 0 Å². The third-order valence-corrected chi connectivity index (χ3v) is 3.74. The molecular weight excluding hydrogens is 244 g/mol. The first-order valence-corrected chi connectivity index (χ1v) is 6.64. The largest absolute Gasteiger partial charge is 0.232 e. The molecule has 0 atom stereocenters. The van der Waals surface area contributed by atoms with Gasteiger partial charge in [0, 0.05) is 17.0 Å². The van der Waals surface area contributed by atoms with E-state index in [-0.39, 0.29) is 0 Å². The summed E-state index contributed by atoms with van der Waals surface area (Å²) in [6, 6.07) is 8.39. The maximum absolute atomic E-state index is 6.22. The Bertz CT molecular complexity index is 586. The number of aryl methyl sites for hydroxylation is 1. The summed E-state index contributed by atoms with van der Waals surface area (Å²) in [5.41, 5.74) is 4.30. The van der Waals surface area contributed by atoms with Crippen molar-refractivity contribution in [2.75, 3.05) is 0 Å². The van der Waals surface area contributed by atoms with Crippen LogP contribution in [0.2, 0.25) is 5.15 Å². The van der Waals surface area contributed by atoms with E-state index in [1.807, 2.05) is 6.92 Å². The lowest BCUT2D eigenvalue weighted by Gasteiger charge is -2.09. The Morgan fingerprint density at radius 3 is 2.33 bits per heavy atom. The number of rotatable bonds is 2. The average molecular weight is 259 g/mol. The van der Waals surface area contributed by atoms with E-state index < -0.39 is 0 Å².